The lowest BCUT2D eigenvalue weighted by atomic mass is 9.88. The second-order valence-corrected chi connectivity index (χ2v) is 14.6. The van der Waals surface area contributed by atoms with Crippen LogP contribution in [0.15, 0.2) is 216 Å². The number of hydrogen-bond acceptors (Lipinski definition) is 1. The van der Waals surface area contributed by atoms with E-state index in [9.17, 15) is 0 Å². The first-order valence-electron chi connectivity index (χ1n) is 20.0. The number of aryl methyl sites for hydroxylation is 3. The number of rotatable bonds is 9. The predicted molar refractivity (Wildman–Crippen MR) is 254 cm³/mol. The Morgan fingerprint density at radius 1 is 0.627 bits per heavy atom. The SMILES string of the molecule is C=C(/C=C\C=C/C)C(N=C(N=CN)c1cccc(-n2c3ccccc3c3cc(-c4cccc(C)c4-c4ccccc4C)ccc32)c1)c1ccccc1.Cc1ccccc1. The maximum Gasteiger partial charge on any atom is 0.157 e. The van der Waals surface area contributed by atoms with Gasteiger partial charge in [-0.05, 0) is 103 Å². The van der Waals surface area contributed by atoms with Gasteiger partial charge in [0.25, 0.3) is 0 Å². The first-order valence-corrected chi connectivity index (χ1v) is 20.0. The Hall–Kier alpha value is -7.30. The van der Waals surface area contributed by atoms with Crippen LogP contribution in [-0.4, -0.2) is 16.7 Å². The molecule has 4 heteroatoms. The molecule has 0 aliphatic heterocycles. The third-order valence-electron chi connectivity index (χ3n) is 10.5. The number of para-hydroxylation sites is 1. The van der Waals surface area contributed by atoms with Crippen LogP contribution in [0.3, 0.4) is 0 Å². The van der Waals surface area contributed by atoms with Gasteiger partial charge in [0.2, 0.25) is 0 Å². The van der Waals surface area contributed by atoms with Gasteiger partial charge in [-0.1, -0.05) is 176 Å². The summed E-state index contributed by atoms with van der Waals surface area (Å²) in [4.78, 5) is 9.77. The number of aromatic nitrogens is 1. The highest BCUT2D eigenvalue weighted by Crippen LogP contribution is 2.40. The van der Waals surface area contributed by atoms with Crippen molar-refractivity contribution in [2.75, 3.05) is 0 Å². The van der Waals surface area contributed by atoms with Gasteiger partial charge in [0.05, 0.1) is 17.4 Å². The fraction of sp³-hybridized carbons (Fsp3) is 0.0909. The van der Waals surface area contributed by atoms with Crippen molar-refractivity contribution >= 4 is 34.0 Å². The van der Waals surface area contributed by atoms with E-state index in [0.717, 1.165) is 33.4 Å². The Morgan fingerprint density at radius 3 is 2.02 bits per heavy atom. The van der Waals surface area contributed by atoms with Crippen molar-refractivity contribution in [3.8, 4) is 27.9 Å². The Morgan fingerprint density at radius 2 is 1.29 bits per heavy atom. The van der Waals surface area contributed by atoms with Gasteiger partial charge in [-0.2, -0.15) is 0 Å². The van der Waals surface area contributed by atoms with Crippen LogP contribution in [0.1, 0.15) is 40.8 Å². The van der Waals surface area contributed by atoms with Crippen LogP contribution >= 0.6 is 0 Å². The van der Waals surface area contributed by atoms with Gasteiger partial charge in [-0.15, -0.1) is 0 Å². The van der Waals surface area contributed by atoms with Crippen molar-refractivity contribution in [2.24, 2.45) is 15.7 Å². The molecule has 1 heterocycles. The summed E-state index contributed by atoms with van der Waals surface area (Å²) < 4.78 is 2.33. The largest absolute Gasteiger partial charge is 0.390 e. The van der Waals surface area contributed by atoms with Crippen LogP contribution in [0, 0.1) is 20.8 Å². The molecule has 8 aromatic rings. The molecule has 8 rings (SSSR count). The van der Waals surface area contributed by atoms with E-state index in [2.05, 4.69) is 164 Å². The lowest BCUT2D eigenvalue weighted by molar-refractivity contribution is 0.873. The summed E-state index contributed by atoms with van der Waals surface area (Å²) in [6.45, 7) is 12.8. The van der Waals surface area contributed by atoms with E-state index in [0.29, 0.717) is 5.84 Å². The lowest BCUT2D eigenvalue weighted by Gasteiger charge is -2.16. The van der Waals surface area contributed by atoms with Gasteiger partial charge in [-0.25, -0.2) is 4.99 Å². The summed E-state index contributed by atoms with van der Waals surface area (Å²) in [7, 11) is 0. The molecule has 0 fully saturated rings. The van der Waals surface area contributed by atoms with E-state index in [1.54, 1.807) is 0 Å². The van der Waals surface area contributed by atoms with Gasteiger partial charge >= 0.3 is 0 Å². The van der Waals surface area contributed by atoms with Gasteiger partial charge in [0.15, 0.2) is 5.84 Å². The smallest absolute Gasteiger partial charge is 0.157 e. The van der Waals surface area contributed by atoms with Crippen LogP contribution in [0.2, 0.25) is 0 Å². The molecule has 0 bridgehead atoms. The Labute approximate surface area is 348 Å². The molecule has 0 spiro atoms. The third kappa shape index (κ3) is 8.98. The van der Waals surface area contributed by atoms with Crippen LogP contribution in [0.25, 0.3) is 49.7 Å². The normalized spacial score (nSPS) is 12.4. The van der Waals surface area contributed by atoms with Crippen LogP contribution < -0.4 is 5.73 Å². The molecule has 0 saturated carbocycles. The molecule has 0 aliphatic rings. The van der Waals surface area contributed by atoms with Crippen molar-refractivity contribution in [3.63, 3.8) is 0 Å². The number of fused-ring (bicyclic) bond motifs is 3. The van der Waals surface area contributed by atoms with Crippen molar-refractivity contribution < 1.29 is 0 Å². The van der Waals surface area contributed by atoms with Gasteiger partial charge in [0, 0.05) is 22.0 Å². The average Bonchev–Trinajstić information content (AvgIpc) is 3.60. The summed E-state index contributed by atoms with van der Waals surface area (Å²) >= 11 is 0. The Bertz CT molecular complexity index is 2840. The van der Waals surface area contributed by atoms with E-state index in [1.165, 1.54) is 56.1 Å². The Balaban J connectivity index is 0.000000684. The van der Waals surface area contributed by atoms with E-state index < -0.39 is 0 Å². The minimum atomic E-state index is -0.345. The fourth-order valence-corrected chi connectivity index (χ4v) is 7.62. The number of nitrogens with zero attached hydrogens (tertiary/aromatic N) is 3. The molecule has 2 N–H and O–H groups in total. The molecule has 7 aromatic carbocycles. The molecule has 290 valence electrons. The summed E-state index contributed by atoms with van der Waals surface area (Å²) in [5, 5.41) is 2.38. The van der Waals surface area contributed by atoms with Crippen LogP contribution in [0.4, 0.5) is 0 Å². The molecule has 1 atom stereocenters. The molecule has 4 nitrogen and oxygen atoms in total. The number of benzene rings is 7. The van der Waals surface area contributed by atoms with Crippen molar-refractivity contribution in [1.29, 1.82) is 0 Å². The molecule has 1 aromatic heterocycles. The van der Waals surface area contributed by atoms with Gasteiger partial charge in [0.1, 0.15) is 6.04 Å². The van der Waals surface area contributed by atoms with Crippen molar-refractivity contribution in [2.45, 2.75) is 33.7 Å². The second kappa shape index (κ2) is 18.8. The number of allylic oxidation sites excluding steroid dienone is 3. The number of nitrogens with two attached hydrogens (primary N) is 1. The predicted octanol–water partition coefficient (Wildman–Crippen LogP) is 13.9. The zero-order valence-electron chi connectivity index (χ0n) is 34.3. The average molecular weight is 767 g/mol. The monoisotopic (exact) mass is 766 g/mol. The van der Waals surface area contributed by atoms with Gasteiger partial charge < -0.3 is 10.3 Å². The number of hydrogen-bond donors (Lipinski definition) is 1. The highest BCUT2D eigenvalue weighted by Gasteiger charge is 2.18. The topological polar surface area (TPSA) is 55.7 Å². The molecule has 0 saturated heterocycles. The quantitative estimate of drug-likeness (QED) is 0.0888. The van der Waals surface area contributed by atoms with Crippen LogP contribution in [-0.2, 0) is 0 Å². The second-order valence-electron chi connectivity index (χ2n) is 14.6. The summed E-state index contributed by atoms with van der Waals surface area (Å²) in [6.07, 6.45) is 9.26. The zero-order chi connectivity index (χ0) is 41.1. The maximum atomic E-state index is 5.94. The van der Waals surface area contributed by atoms with E-state index >= 15 is 0 Å². The molecule has 59 heavy (non-hydrogen) atoms. The van der Waals surface area contributed by atoms with E-state index in [1.807, 2.05) is 73.7 Å². The summed E-state index contributed by atoms with van der Waals surface area (Å²) in [6, 6.07) is 59.2. The fourth-order valence-electron chi connectivity index (χ4n) is 7.62. The molecule has 0 amide bonds. The third-order valence-corrected chi connectivity index (χ3v) is 10.5. The maximum absolute atomic E-state index is 5.94. The van der Waals surface area contributed by atoms with Gasteiger partial charge in [-0.3, -0.25) is 4.99 Å². The highest BCUT2D eigenvalue weighted by molar-refractivity contribution is 6.11. The summed E-state index contributed by atoms with van der Waals surface area (Å²) in [5.74, 6) is 0.532. The van der Waals surface area contributed by atoms with Crippen molar-refractivity contribution in [3.05, 3.63) is 234 Å². The molecule has 0 aliphatic carbocycles. The first-order chi connectivity index (χ1) is 28.9. The summed E-state index contributed by atoms with van der Waals surface area (Å²) in [5.41, 5.74) is 20.7. The van der Waals surface area contributed by atoms with Crippen LogP contribution in [0.5, 0.6) is 0 Å². The minimum Gasteiger partial charge on any atom is -0.390 e. The zero-order valence-corrected chi connectivity index (χ0v) is 34.3. The molecule has 0 radical (unpaired) electrons. The minimum absolute atomic E-state index is 0.345. The van der Waals surface area contributed by atoms with E-state index in [4.69, 9.17) is 10.7 Å². The first kappa shape index (κ1) is 39.9. The van der Waals surface area contributed by atoms with E-state index in [-0.39, 0.29) is 6.04 Å². The number of amidine groups is 1. The highest BCUT2D eigenvalue weighted by atomic mass is 15.0. The lowest BCUT2D eigenvalue weighted by Crippen LogP contribution is -2.07. The number of aliphatic imine (C=N–C) groups is 2. The molecular weight excluding hydrogens is 717 g/mol. The molecular formula is C55H50N4. The Kier molecular flexibility index (Phi) is 12.7. The standard InChI is InChI=1S/C48H42N4.C7H8/c1-5-6-8-18-35(4)47(36-20-9-7-10-21-36)51-48(50-32-49)38-22-16-23-39(30-38)52-44-27-14-13-25-42(44)43-31-37(28-29-45(43)52)41-26-15-19-34(3)46(41)40-24-12-11-17-33(40)2;1-7-5-3-2-4-6-7/h5-32,47H,4H2,1-3H3,(H2,49,50,51);2-6H,1H3/b6-5-,18-8-;. The van der Waals surface area contributed by atoms with Crippen molar-refractivity contribution in [1.82, 2.24) is 4.57 Å². The molecule has 1 unspecified atom stereocenters.